The number of halogens is 1. The van der Waals surface area contributed by atoms with Crippen LogP contribution in [0.15, 0.2) is 16.6 Å². The van der Waals surface area contributed by atoms with Gasteiger partial charge in [0, 0.05) is 13.0 Å². The van der Waals surface area contributed by atoms with Crippen molar-refractivity contribution in [2.24, 2.45) is 0 Å². The molecule has 0 amide bonds. The number of carbonyl (C=O) groups excluding carboxylic acids is 1. The SMILES string of the molecule is COC(=O)CCCNCc1cc(Br)c(O)c(OC)c1. The monoisotopic (exact) mass is 331 g/mol. The van der Waals surface area contributed by atoms with Gasteiger partial charge >= 0.3 is 5.97 Å². The van der Waals surface area contributed by atoms with Crippen LogP contribution in [-0.4, -0.2) is 31.8 Å². The Morgan fingerprint density at radius 3 is 2.79 bits per heavy atom. The van der Waals surface area contributed by atoms with Crippen LogP contribution in [0.2, 0.25) is 0 Å². The molecule has 0 saturated carbocycles. The molecule has 5 nitrogen and oxygen atoms in total. The van der Waals surface area contributed by atoms with E-state index in [1.165, 1.54) is 14.2 Å². The zero-order valence-corrected chi connectivity index (χ0v) is 12.6. The van der Waals surface area contributed by atoms with Crippen LogP contribution in [0.25, 0.3) is 0 Å². The molecule has 19 heavy (non-hydrogen) atoms. The summed E-state index contributed by atoms with van der Waals surface area (Å²) in [5.74, 6) is 0.327. The molecule has 1 rings (SSSR count). The van der Waals surface area contributed by atoms with E-state index >= 15 is 0 Å². The first kappa shape index (κ1) is 15.8. The molecule has 0 spiro atoms. The van der Waals surface area contributed by atoms with E-state index in [1.807, 2.05) is 6.07 Å². The summed E-state index contributed by atoms with van der Waals surface area (Å²) in [6, 6.07) is 3.60. The summed E-state index contributed by atoms with van der Waals surface area (Å²) in [5.41, 5.74) is 0.986. The van der Waals surface area contributed by atoms with E-state index < -0.39 is 0 Å². The summed E-state index contributed by atoms with van der Waals surface area (Å²) in [5, 5.41) is 12.9. The van der Waals surface area contributed by atoms with Crippen molar-refractivity contribution in [1.82, 2.24) is 5.32 Å². The molecule has 106 valence electrons. The van der Waals surface area contributed by atoms with Gasteiger partial charge in [-0.3, -0.25) is 4.79 Å². The first-order valence-electron chi connectivity index (χ1n) is 5.91. The zero-order chi connectivity index (χ0) is 14.3. The second-order valence-corrected chi connectivity index (χ2v) is 4.84. The van der Waals surface area contributed by atoms with Crippen molar-refractivity contribution in [1.29, 1.82) is 0 Å². The third-order valence-electron chi connectivity index (χ3n) is 2.60. The van der Waals surface area contributed by atoms with Gasteiger partial charge in [0.05, 0.1) is 18.7 Å². The van der Waals surface area contributed by atoms with Crippen LogP contribution in [0.4, 0.5) is 0 Å². The zero-order valence-electron chi connectivity index (χ0n) is 11.0. The molecule has 2 N–H and O–H groups in total. The van der Waals surface area contributed by atoms with E-state index in [9.17, 15) is 9.90 Å². The van der Waals surface area contributed by atoms with E-state index in [-0.39, 0.29) is 11.7 Å². The van der Waals surface area contributed by atoms with Gasteiger partial charge in [0.1, 0.15) is 0 Å². The van der Waals surface area contributed by atoms with Crippen molar-refractivity contribution in [3.05, 3.63) is 22.2 Å². The fourth-order valence-electron chi connectivity index (χ4n) is 1.58. The van der Waals surface area contributed by atoms with E-state index in [4.69, 9.17) is 4.74 Å². The molecule has 0 fully saturated rings. The number of nitrogens with one attached hydrogen (secondary N) is 1. The van der Waals surface area contributed by atoms with Crippen molar-refractivity contribution < 1.29 is 19.4 Å². The summed E-state index contributed by atoms with van der Waals surface area (Å²) in [4.78, 5) is 10.9. The second kappa shape index (κ2) is 8.01. The third-order valence-corrected chi connectivity index (χ3v) is 3.20. The number of hydrogen-bond acceptors (Lipinski definition) is 5. The summed E-state index contributed by atoms with van der Waals surface area (Å²) in [7, 11) is 2.89. The first-order chi connectivity index (χ1) is 9.08. The summed E-state index contributed by atoms with van der Waals surface area (Å²) in [6.45, 7) is 1.35. The molecule has 0 atom stereocenters. The highest BCUT2D eigenvalue weighted by Crippen LogP contribution is 2.35. The normalized spacial score (nSPS) is 10.3. The van der Waals surface area contributed by atoms with E-state index in [0.29, 0.717) is 23.2 Å². The second-order valence-electron chi connectivity index (χ2n) is 3.98. The minimum absolute atomic E-state index is 0.0944. The van der Waals surface area contributed by atoms with Crippen LogP contribution in [0.3, 0.4) is 0 Å². The molecule has 6 heteroatoms. The fourth-order valence-corrected chi connectivity index (χ4v) is 2.07. The minimum atomic E-state index is -0.198. The summed E-state index contributed by atoms with van der Waals surface area (Å²) >= 11 is 3.27. The van der Waals surface area contributed by atoms with E-state index in [1.54, 1.807) is 6.07 Å². The van der Waals surface area contributed by atoms with Crippen LogP contribution >= 0.6 is 15.9 Å². The summed E-state index contributed by atoms with van der Waals surface area (Å²) < 4.78 is 10.2. The molecule has 0 bridgehead atoms. The van der Waals surface area contributed by atoms with Gasteiger partial charge in [-0.15, -0.1) is 0 Å². The van der Waals surface area contributed by atoms with Crippen molar-refractivity contribution in [3.63, 3.8) is 0 Å². The van der Waals surface area contributed by atoms with Crippen molar-refractivity contribution >= 4 is 21.9 Å². The maximum atomic E-state index is 10.9. The number of phenolic OH excluding ortho intramolecular Hbond substituents is 1. The van der Waals surface area contributed by atoms with Gasteiger partial charge in [0.25, 0.3) is 0 Å². The Kier molecular flexibility index (Phi) is 6.66. The quantitative estimate of drug-likeness (QED) is 0.592. The lowest BCUT2D eigenvalue weighted by atomic mass is 10.2. The molecule has 0 aromatic heterocycles. The van der Waals surface area contributed by atoms with Crippen molar-refractivity contribution in [2.45, 2.75) is 19.4 Å². The number of phenols is 1. The van der Waals surface area contributed by atoms with Gasteiger partial charge in [0.2, 0.25) is 0 Å². The number of ether oxygens (including phenoxy) is 2. The Bertz CT molecular complexity index is 437. The topological polar surface area (TPSA) is 67.8 Å². The Hall–Kier alpha value is -1.27. The number of methoxy groups -OCH3 is 2. The minimum Gasteiger partial charge on any atom is -0.503 e. The van der Waals surface area contributed by atoms with Crippen LogP contribution in [0.5, 0.6) is 11.5 Å². The number of rotatable bonds is 7. The third kappa shape index (κ3) is 5.08. The average molecular weight is 332 g/mol. The molecule has 1 aromatic carbocycles. The molecular formula is C13H18BrNO4. The highest BCUT2D eigenvalue weighted by molar-refractivity contribution is 9.10. The van der Waals surface area contributed by atoms with Crippen LogP contribution in [-0.2, 0) is 16.1 Å². The molecular weight excluding hydrogens is 314 g/mol. The Morgan fingerprint density at radius 2 is 2.16 bits per heavy atom. The molecule has 0 aliphatic rings. The average Bonchev–Trinajstić information content (AvgIpc) is 2.41. The maximum Gasteiger partial charge on any atom is 0.305 e. The summed E-state index contributed by atoms with van der Waals surface area (Å²) in [6.07, 6.45) is 1.13. The lowest BCUT2D eigenvalue weighted by molar-refractivity contribution is -0.140. The highest BCUT2D eigenvalue weighted by Gasteiger charge is 2.08. The molecule has 0 aliphatic carbocycles. The standard InChI is InChI=1S/C13H18BrNO4/c1-18-11-7-9(6-10(14)13(11)17)8-15-5-3-4-12(16)19-2/h6-7,15,17H,3-5,8H2,1-2H3. The Labute approximate surface area is 121 Å². The molecule has 0 aliphatic heterocycles. The number of hydrogen-bond donors (Lipinski definition) is 2. The predicted octanol–water partition coefficient (Wildman–Crippen LogP) is 2.21. The number of esters is 1. The van der Waals surface area contributed by atoms with Gasteiger partial charge in [-0.05, 0) is 46.6 Å². The van der Waals surface area contributed by atoms with E-state index in [2.05, 4.69) is 26.0 Å². The fraction of sp³-hybridized carbons (Fsp3) is 0.462. The predicted molar refractivity (Wildman–Crippen MR) is 75.3 cm³/mol. The van der Waals surface area contributed by atoms with Gasteiger partial charge in [-0.25, -0.2) is 0 Å². The van der Waals surface area contributed by atoms with Gasteiger partial charge in [-0.2, -0.15) is 0 Å². The lowest BCUT2D eigenvalue weighted by Gasteiger charge is -2.09. The van der Waals surface area contributed by atoms with Gasteiger partial charge < -0.3 is 19.9 Å². The molecule has 0 saturated heterocycles. The smallest absolute Gasteiger partial charge is 0.305 e. The first-order valence-corrected chi connectivity index (χ1v) is 6.70. The van der Waals surface area contributed by atoms with Crippen LogP contribution in [0, 0.1) is 0 Å². The van der Waals surface area contributed by atoms with Gasteiger partial charge in [0.15, 0.2) is 11.5 Å². The molecule has 0 unspecified atom stereocenters. The Morgan fingerprint density at radius 1 is 1.42 bits per heavy atom. The van der Waals surface area contributed by atoms with Crippen molar-refractivity contribution in [2.75, 3.05) is 20.8 Å². The van der Waals surface area contributed by atoms with Crippen LogP contribution < -0.4 is 10.1 Å². The molecule has 0 heterocycles. The maximum absolute atomic E-state index is 10.9. The Balaban J connectivity index is 2.41. The molecule has 0 radical (unpaired) electrons. The van der Waals surface area contributed by atoms with Gasteiger partial charge in [-0.1, -0.05) is 0 Å². The largest absolute Gasteiger partial charge is 0.503 e. The lowest BCUT2D eigenvalue weighted by Crippen LogP contribution is -2.16. The van der Waals surface area contributed by atoms with Crippen LogP contribution in [0.1, 0.15) is 18.4 Å². The number of carbonyl (C=O) groups is 1. The number of aromatic hydroxyl groups is 1. The number of benzene rings is 1. The van der Waals surface area contributed by atoms with E-state index in [0.717, 1.165) is 18.5 Å². The highest BCUT2D eigenvalue weighted by atomic mass is 79.9. The van der Waals surface area contributed by atoms with Crippen molar-refractivity contribution in [3.8, 4) is 11.5 Å². The molecule has 1 aromatic rings.